The van der Waals surface area contributed by atoms with Crippen molar-refractivity contribution in [2.24, 2.45) is 0 Å². The minimum Gasteiger partial charge on any atom is -0.324 e. The van der Waals surface area contributed by atoms with Crippen molar-refractivity contribution in [2.75, 3.05) is 24.4 Å². The van der Waals surface area contributed by atoms with Gasteiger partial charge in [-0.1, -0.05) is 40.2 Å². The number of rotatable bonds is 7. The van der Waals surface area contributed by atoms with Crippen LogP contribution in [0.2, 0.25) is 0 Å². The molecule has 0 bridgehead atoms. The van der Waals surface area contributed by atoms with Crippen LogP contribution in [-0.2, 0) is 21.4 Å². The molecule has 25 heavy (non-hydrogen) atoms. The summed E-state index contributed by atoms with van der Waals surface area (Å²) < 4.78 is 26.2. The summed E-state index contributed by atoms with van der Waals surface area (Å²) in [5.41, 5.74) is 1.49. The molecule has 0 aromatic heterocycles. The van der Waals surface area contributed by atoms with Gasteiger partial charge in [0, 0.05) is 15.9 Å². The first-order valence-electron chi connectivity index (χ1n) is 7.42. The minimum atomic E-state index is -3.52. The maximum absolute atomic E-state index is 12.3. The van der Waals surface area contributed by atoms with Crippen molar-refractivity contribution in [3.63, 3.8) is 0 Å². The van der Waals surface area contributed by atoms with Crippen LogP contribution < -0.4 is 5.32 Å². The van der Waals surface area contributed by atoms with Gasteiger partial charge in [-0.15, -0.1) is 11.8 Å². The van der Waals surface area contributed by atoms with Crippen molar-refractivity contribution >= 4 is 49.3 Å². The second-order valence-electron chi connectivity index (χ2n) is 5.41. The molecule has 0 aliphatic carbocycles. The molecule has 2 rings (SSSR count). The fourth-order valence-electron chi connectivity index (χ4n) is 2.18. The quantitative estimate of drug-likeness (QED) is 0.665. The Balaban J connectivity index is 2.11. The molecule has 1 N–H and O–H groups in total. The van der Waals surface area contributed by atoms with E-state index in [1.807, 2.05) is 48.7 Å². The maximum atomic E-state index is 12.3. The number of thioether (sulfide) groups is 1. The van der Waals surface area contributed by atoms with Gasteiger partial charge in [0.2, 0.25) is 15.9 Å². The lowest BCUT2D eigenvalue weighted by atomic mass is 10.2. The van der Waals surface area contributed by atoms with E-state index in [2.05, 4.69) is 21.2 Å². The molecule has 0 spiro atoms. The van der Waals surface area contributed by atoms with Gasteiger partial charge < -0.3 is 5.32 Å². The molecule has 0 heterocycles. The van der Waals surface area contributed by atoms with E-state index in [-0.39, 0.29) is 19.0 Å². The van der Waals surface area contributed by atoms with Crippen molar-refractivity contribution < 1.29 is 13.2 Å². The summed E-state index contributed by atoms with van der Waals surface area (Å²) in [4.78, 5) is 13.3. The zero-order chi connectivity index (χ0) is 18.4. The maximum Gasteiger partial charge on any atom is 0.239 e. The van der Waals surface area contributed by atoms with E-state index in [0.29, 0.717) is 5.69 Å². The van der Waals surface area contributed by atoms with E-state index in [1.165, 1.54) is 11.8 Å². The second-order valence-corrected chi connectivity index (χ2v) is 9.15. The number of carbonyl (C=O) groups excluding carboxylic acids is 1. The third-order valence-corrected chi connectivity index (χ3v) is 5.96. The molecule has 8 heteroatoms. The fourth-order valence-corrected chi connectivity index (χ4v) is 3.73. The lowest BCUT2D eigenvalue weighted by molar-refractivity contribution is -0.116. The van der Waals surface area contributed by atoms with E-state index < -0.39 is 10.0 Å². The van der Waals surface area contributed by atoms with Crippen LogP contribution in [0.4, 0.5) is 5.69 Å². The summed E-state index contributed by atoms with van der Waals surface area (Å²) in [5, 5.41) is 2.79. The Labute approximate surface area is 161 Å². The Hall–Kier alpha value is -1.35. The Bertz CT molecular complexity index is 839. The van der Waals surface area contributed by atoms with Gasteiger partial charge in [0.25, 0.3) is 0 Å². The van der Waals surface area contributed by atoms with Gasteiger partial charge in [0.05, 0.1) is 18.5 Å². The van der Waals surface area contributed by atoms with E-state index in [1.54, 1.807) is 6.07 Å². The molecule has 0 aliphatic heterocycles. The number of hydrogen-bond acceptors (Lipinski definition) is 4. The number of sulfonamides is 1. The lowest BCUT2D eigenvalue weighted by Crippen LogP contribution is -2.36. The van der Waals surface area contributed by atoms with Gasteiger partial charge in [-0.2, -0.15) is 4.31 Å². The molecule has 0 radical (unpaired) electrons. The first kappa shape index (κ1) is 20.0. The Morgan fingerprint density at radius 1 is 1.16 bits per heavy atom. The molecule has 0 saturated heterocycles. The van der Waals surface area contributed by atoms with Crippen LogP contribution in [0.25, 0.3) is 0 Å². The summed E-state index contributed by atoms with van der Waals surface area (Å²) >= 11 is 4.86. The molecule has 0 fully saturated rings. The van der Waals surface area contributed by atoms with Crippen LogP contribution in [0.15, 0.2) is 57.9 Å². The largest absolute Gasteiger partial charge is 0.324 e. The molecule has 2 aromatic carbocycles. The van der Waals surface area contributed by atoms with Gasteiger partial charge in [-0.05, 0) is 36.1 Å². The van der Waals surface area contributed by atoms with Crippen LogP contribution in [0.1, 0.15) is 5.56 Å². The lowest BCUT2D eigenvalue weighted by Gasteiger charge is -2.20. The summed E-state index contributed by atoms with van der Waals surface area (Å²) in [7, 11) is -3.52. The first-order valence-corrected chi connectivity index (χ1v) is 11.3. The molecule has 0 unspecified atom stereocenters. The van der Waals surface area contributed by atoms with Crippen LogP contribution in [0.5, 0.6) is 0 Å². The van der Waals surface area contributed by atoms with Crippen molar-refractivity contribution in [1.29, 1.82) is 0 Å². The molecule has 5 nitrogen and oxygen atoms in total. The standard InChI is InChI=1S/C17H19BrN2O3S2/c1-24-16-6-4-3-5-15(16)19-17(21)12-20(25(2,22)23)11-13-7-9-14(18)10-8-13/h3-10H,11-12H2,1-2H3,(H,19,21). The number of para-hydroxylation sites is 1. The number of benzene rings is 2. The number of hydrogen-bond donors (Lipinski definition) is 1. The second kappa shape index (κ2) is 8.84. The van der Waals surface area contributed by atoms with Crippen LogP contribution >= 0.6 is 27.7 Å². The molecule has 2 aromatic rings. The van der Waals surface area contributed by atoms with Crippen LogP contribution in [0.3, 0.4) is 0 Å². The van der Waals surface area contributed by atoms with Crippen LogP contribution in [-0.4, -0.2) is 37.7 Å². The summed E-state index contributed by atoms with van der Waals surface area (Å²) in [6, 6.07) is 14.7. The van der Waals surface area contributed by atoms with Crippen molar-refractivity contribution in [3.05, 3.63) is 58.6 Å². The number of nitrogens with zero attached hydrogens (tertiary/aromatic N) is 1. The van der Waals surface area contributed by atoms with E-state index >= 15 is 0 Å². The molecule has 134 valence electrons. The average molecular weight is 443 g/mol. The minimum absolute atomic E-state index is 0.143. The highest BCUT2D eigenvalue weighted by Gasteiger charge is 2.21. The van der Waals surface area contributed by atoms with E-state index in [0.717, 1.165) is 25.5 Å². The van der Waals surface area contributed by atoms with Gasteiger partial charge in [-0.3, -0.25) is 4.79 Å². The van der Waals surface area contributed by atoms with Gasteiger partial charge in [0.1, 0.15) is 0 Å². The molecular formula is C17H19BrN2O3S2. The Kier molecular flexibility index (Phi) is 7.06. The molecule has 0 saturated carbocycles. The molecule has 0 aliphatic rings. The van der Waals surface area contributed by atoms with Gasteiger partial charge in [0.15, 0.2) is 0 Å². The molecular weight excluding hydrogens is 424 g/mol. The topological polar surface area (TPSA) is 66.5 Å². The zero-order valence-corrected chi connectivity index (χ0v) is 17.1. The van der Waals surface area contributed by atoms with Crippen molar-refractivity contribution in [2.45, 2.75) is 11.4 Å². The van der Waals surface area contributed by atoms with Crippen molar-refractivity contribution in [1.82, 2.24) is 4.31 Å². The SMILES string of the molecule is CSc1ccccc1NC(=O)CN(Cc1ccc(Br)cc1)S(C)(=O)=O. The first-order chi connectivity index (χ1) is 11.8. The number of amides is 1. The number of nitrogens with one attached hydrogen (secondary N) is 1. The number of halogens is 1. The monoisotopic (exact) mass is 442 g/mol. The third kappa shape index (κ3) is 6.14. The molecule has 1 amide bonds. The number of carbonyl (C=O) groups is 1. The van der Waals surface area contributed by atoms with Crippen LogP contribution in [0, 0.1) is 0 Å². The highest BCUT2D eigenvalue weighted by atomic mass is 79.9. The predicted octanol–water partition coefficient (Wildman–Crippen LogP) is 3.57. The van der Waals surface area contributed by atoms with E-state index in [9.17, 15) is 13.2 Å². The van der Waals surface area contributed by atoms with E-state index in [4.69, 9.17) is 0 Å². The fraction of sp³-hybridized carbons (Fsp3) is 0.235. The number of anilines is 1. The summed E-state index contributed by atoms with van der Waals surface area (Å²) in [5.74, 6) is -0.371. The summed E-state index contributed by atoms with van der Waals surface area (Å²) in [6.45, 7) is -0.0959. The highest BCUT2D eigenvalue weighted by molar-refractivity contribution is 9.10. The highest BCUT2D eigenvalue weighted by Crippen LogP contribution is 2.24. The normalized spacial score (nSPS) is 11.5. The van der Waals surface area contributed by atoms with Gasteiger partial charge in [-0.25, -0.2) is 8.42 Å². The predicted molar refractivity (Wildman–Crippen MR) is 106 cm³/mol. The Morgan fingerprint density at radius 3 is 2.40 bits per heavy atom. The Morgan fingerprint density at radius 2 is 1.80 bits per heavy atom. The zero-order valence-electron chi connectivity index (χ0n) is 13.9. The third-order valence-electron chi connectivity index (χ3n) is 3.44. The van der Waals surface area contributed by atoms with Crippen molar-refractivity contribution in [3.8, 4) is 0 Å². The van der Waals surface area contributed by atoms with Gasteiger partial charge >= 0.3 is 0 Å². The average Bonchev–Trinajstić information content (AvgIpc) is 2.56. The smallest absolute Gasteiger partial charge is 0.239 e. The summed E-state index contributed by atoms with van der Waals surface area (Å²) in [6.07, 6.45) is 3.02. The molecule has 0 atom stereocenters.